The third-order valence-corrected chi connectivity index (χ3v) is 1.81. The molecule has 0 radical (unpaired) electrons. The maximum Gasteiger partial charge on any atom is -0.0201 e. The van der Waals surface area contributed by atoms with E-state index in [4.69, 9.17) is 0 Å². The lowest BCUT2D eigenvalue weighted by Gasteiger charge is -1.91. The Kier molecular flexibility index (Phi) is 9.43. The van der Waals surface area contributed by atoms with Gasteiger partial charge in [-0.2, -0.15) is 0 Å². The second kappa shape index (κ2) is 8.55. The smallest absolute Gasteiger partial charge is 0.0201 e. The molecular weight excluding hydrogens is 168 g/mol. The summed E-state index contributed by atoms with van der Waals surface area (Å²) in [5.74, 6) is 0. The van der Waals surface area contributed by atoms with Crippen LogP contribution in [0, 0.1) is 0 Å². The Labute approximate surface area is 89.0 Å². The number of rotatable bonds is 0. The van der Waals surface area contributed by atoms with Crippen LogP contribution in [0.25, 0.3) is 11.6 Å². The molecule has 0 unspecified atom stereocenters. The van der Waals surface area contributed by atoms with E-state index in [1.807, 2.05) is 13.8 Å². The van der Waals surface area contributed by atoms with Crippen molar-refractivity contribution in [3.63, 3.8) is 0 Å². The van der Waals surface area contributed by atoms with Crippen LogP contribution >= 0.6 is 0 Å². The van der Waals surface area contributed by atoms with Crippen molar-refractivity contribution in [2.75, 3.05) is 0 Å². The second-order valence-electron chi connectivity index (χ2n) is 2.88. The Morgan fingerprint density at radius 1 is 1.07 bits per heavy atom. The lowest BCUT2D eigenvalue weighted by atomic mass is 10.1. The SMILES string of the molecule is C.C/C=c1/ccccc1=C(C)C.CC. The Hall–Kier alpha value is -1.04. The predicted molar refractivity (Wildman–Crippen MR) is 68.7 cm³/mol. The highest BCUT2D eigenvalue weighted by atomic mass is 13.9. The van der Waals surface area contributed by atoms with Crippen LogP contribution in [0.3, 0.4) is 0 Å². The van der Waals surface area contributed by atoms with Crippen molar-refractivity contribution in [3.05, 3.63) is 34.7 Å². The van der Waals surface area contributed by atoms with Crippen molar-refractivity contribution >= 4 is 11.6 Å². The third-order valence-electron chi connectivity index (χ3n) is 1.81. The number of hydrogen-bond donors (Lipinski definition) is 0. The molecule has 0 aromatic heterocycles. The maximum absolute atomic E-state index is 2.16. The quantitative estimate of drug-likeness (QED) is 0.591. The molecule has 0 saturated heterocycles. The minimum absolute atomic E-state index is 0. The first-order chi connectivity index (χ1) is 6.25. The van der Waals surface area contributed by atoms with Gasteiger partial charge in [-0.3, -0.25) is 0 Å². The van der Waals surface area contributed by atoms with E-state index in [9.17, 15) is 0 Å². The van der Waals surface area contributed by atoms with E-state index in [-0.39, 0.29) is 7.43 Å². The molecule has 0 nitrogen and oxygen atoms in total. The van der Waals surface area contributed by atoms with Crippen LogP contribution in [0.2, 0.25) is 0 Å². The molecule has 0 aliphatic heterocycles. The first-order valence-corrected chi connectivity index (χ1v) is 4.94. The largest absolute Gasteiger partial charge is 0.0798 e. The van der Waals surface area contributed by atoms with E-state index < -0.39 is 0 Å². The van der Waals surface area contributed by atoms with Gasteiger partial charge in [-0.25, -0.2) is 0 Å². The van der Waals surface area contributed by atoms with E-state index in [1.165, 1.54) is 16.0 Å². The van der Waals surface area contributed by atoms with Gasteiger partial charge >= 0.3 is 0 Å². The van der Waals surface area contributed by atoms with Gasteiger partial charge in [0, 0.05) is 0 Å². The van der Waals surface area contributed by atoms with Crippen molar-refractivity contribution in [1.82, 2.24) is 0 Å². The average molecular weight is 192 g/mol. The summed E-state index contributed by atoms with van der Waals surface area (Å²) in [6.07, 6.45) is 2.14. The Morgan fingerprint density at radius 3 is 1.93 bits per heavy atom. The van der Waals surface area contributed by atoms with Crippen molar-refractivity contribution in [3.8, 4) is 0 Å². The molecule has 0 aliphatic rings. The Morgan fingerprint density at radius 2 is 1.57 bits per heavy atom. The topological polar surface area (TPSA) is 0 Å². The van der Waals surface area contributed by atoms with Gasteiger partial charge in [0.25, 0.3) is 0 Å². The molecule has 0 spiro atoms. The minimum atomic E-state index is 0. The monoisotopic (exact) mass is 192 g/mol. The highest BCUT2D eigenvalue weighted by Crippen LogP contribution is 1.82. The summed E-state index contributed by atoms with van der Waals surface area (Å²) >= 11 is 0. The van der Waals surface area contributed by atoms with Gasteiger partial charge in [-0.15, -0.1) is 0 Å². The lowest BCUT2D eigenvalue weighted by molar-refractivity contribution is 1.43. The van der Waals surface area contributed by atoms with E-state index in [2.05, 4.69) is 51.1 Å². The molecule has 0 saturated carbocycles. The fourth-order valence-corrected chi connectivity index (χ4v) is 1.20. The molecule has 0 fully saturated rings. The third kappa shape index (κ3) is 4.27. The summed E-state index contributed by atoms with van der Waals surface area (Å²) < 4.78 is 0. The molecule has 1 rings (SSSR count). The van der Waals surface area contributed by atoms with E-state index in [1.54, 1.807) is 0 Å². The van der Waals surface area contributed by atoms with Crippen LogP contribution in [0.1, 0.15) is 42.0 Å². The van der Waals surface area contributed by atoms with Crippen LogP contribution in [-0.2, 0) is 0 Å². The zero-order valence-electron chi connectivity index (χ0n) is 9.39. The summed E-state index contributed by atoms with van der Waals surface area (Å²) in [5, 5.41) is 2.68. The lowest BCUT2D eigenvalue weighted by Crippen LogP contribution is -2.24. The number of hydrogen-bond acceptors (Lipinski definition) is 0. The number of benzene rings is 1. The van der Waals surface area contributed by atoms with Crippen molar-refractivity contribution < 1.29 is 0 Å². The zero-order chi connectivity index (χ0) is 10.3. The van der Waals surface area contributed by atoms with Gasteiger partial charge in [0.2, 0.25) is 0 Å². The van der Waals surface area contributed by atoms with E-state index in [0.717, 1.165) is 0 Å². The molecule has 1 aromatic carbocycles. The van der Waals surface area contributed by atoms with E-state index >= 15 is 0 Å². The molecule has 0 amide bonds. The molecule has 0 N–H and O–H groups in total. The molecular formula is C14H24. The van der Waals surface area contributed by atoms with Gasteiger partial charge in [-0.05, 0) is 31.2 Å². The molecule has 1 aromatic rings. The minimum Gasteiger partial charge on any atom is -0.0798 e. The highest BCUT2D eigenvalue weighted by Gasteiger charge is 1.83. The van der Waals surface area contributed by atoms with Crippen LogP contribution in [0.15, 0.2) is 24.3 Å². The molecule has 0 bridgehead atoms. The molecule has 0 atom stereocenters. The summed E-state index contributed by atoms with van der Waals surface area (Å²) in [6.45, 7) is 10.4. The fraction of sp³-hybridized carbons (Fsp3) is 0.429. The molecule has 0 heteroatoms. The standard InChI is InChI=1S/C11H14.C2H6.CH4/c1-4-10-7-5-6-8-11(10)9(2)3;1-2;/h4-8H,1-3H3;1-2H3;1H4/b10-4-;;. The fourth-order valence-electron chi connectivity index (χ4n) is 1.20. The van der Waals surface area contributed by atoms with Gasteiger partial charge in [0.15, 0.2) is 0 Å². The first kappa shape index (κ1) is 15.4. The molecule has 0 aliphatic carbocycles. The second-order valence-corrected chi connectivity index (χ2v) is 2.88. The van der Waals surface area contributed by atoms with Crippen LogP contribution in [0.4, 0.5) is 0 Å². The van der Waals surface area contributed by atoms with Gasteiger partial charge in [0.1, 0.15) is 0 Å². The van der Waals surface area contributed by atoms with Crippen molar-refractivity contribution in [1.29, 1.82) is 0 Å². The predicted octanol–water partition coefficient (Wildman–Crippen LogP) is 3.34. The average Bonchev–Trinajstić information content (AvgIpc) is 2.20. The summed E-state index contributed by atoms with van der Waals surface area (Å²) in [6, 6.07) is 8.45. The van der Waals surface area contributed by atoms with Crippen LogP contribution < -0.4 is 10.4 Å². The van der Waals surface area contributed by atoms with Crippen molar-refractivity contribution in [2.45, 2.75) is 42.0 Å². The van der Waals surface area contributed by atoms with Gasteiger partial charge in [-0.1, -0.05) is 57.2 Å². The molecule has 0 heterocycles. The molecule has 80 valence electrons. The normalized spacial score (nSPS) is 9.64. The zero-order valence-corrected chi connectivity index (χ0v) is 9.39. The Balaban J connectivity index is 0. The highest BCUT2D eigenvalue weighted by molar-refractivity contribution is 5.40. The van der Waals surface area contributed by atoms with Gasteiger partial charge in [0.05, 0.1) is 0 Å². The van der Waals surface area contributed by atoms with Gasteiger partial charge < -0.3 is 0 Å². The summed E-state index contributed by atoms with van der Waals surface area (Å²) in [5.41, 5.74) is 1.37. The van der Waals surface area contributed by atoms with Crippen LogP contribution in [-0.4, -0.2) is 0 Å². The van der Waals surface area contributed by atoms with E-state index in [0.29, 0.717) is 0 Å². The molecule has 14 heavy (non-hydrogen) atoms. The maximum atomic E-state index is 2.16. The first-order valence-electron chi connectivity index (χ1n) is 4.94. The van der Waals surface area contributed by atoms with Crippen LogP contribution in [0.5, 0.6) is 0 Å². The Bertz CT molecular complexity index is 341. The summed E-state index contributed by atoms with van der Waals surface area (Å²) in [4.78, 5) is 0. The van der Waals surface area contributed by atoms with Crippen molar-refractivity contribution in [2.24, 2.45) is 0 Å². The summed E-state index contributed by atoms with van der Waals surface area (Å²) in [7, 11) is 0.